The van der Waals surface area contributed by atoms with E-state index < -0.39 is 22.1 Å². The minimum atomic E-state index is -3.59. The lowest BCUT2D eigenvalue weighted by Crippen LogP contribution is -2.24. The van der Waals surface area contributed by atoms with Crippen molar-refractivity contribution in [3.8, 4) is 5.75 Å². The Morgan fingerprint density at radius 3 is 2.50 bits per heavy atom. The number of aliphatic hydroxyl groups is 1. The molecule has 0 radical (unpaired) electrons. The van der Waals surface area contributed by atoms with Gasteiger partial charge in [-0.1, -0.05) is 30.3 Å². The zero-order chi connectivity index (χ0) is 19.2. The summed E-state index contributed by atoms with van der Waals surface area (Å²) in [6.45, 7) is 2.04. The van der Waals surface area contributed by atoms with Crippen LogP contribution in [0.25, 0.3) is 0 Å². The number of carbonyl (C=O) groups excluding carboxylic acids is 1. The van der Waals surface area contributed by atoms with Gasteiger partial charge in [-0.25, -0.2) is 8.42 Å². The Morgan fingerprint density at radius 2 is 1.88 bits per heavy atom. The average Bonchev–Trinajstić information content (AvgIpc) is 2.59. The summed E-state index contributed by atoms with van der Waals surface area (Å²) in [5, 5.41) is 9.67. The lowest BCUT2D eigenvalue weighted by atomic mass is 10.1. The van der Waals surface area contributed by atoms with Gasteiger partial charge in [-0.05, 0) is 30.7 Å². The van der Waals surface area contributed by atoms with E-state index in [0.29, 0.717) is 0 Å². The SMILES string of the molecule is CCOC(O)C(=O)c1ccc(OCc2ccccc2)c(NS(C)(=O)=O)c1. The van der Waals surface area contributed by atoms with Crippen LogP contribution in [-0.2, 0) is 21.4 Å². The van der Waals surface area contributed by atoms with E-state index in [4.69, 9.17) is 9.47 Å². The fraction of sp³-hybridized carbons (Fsp3) is 0.278. The number of ketones is 1. The zero-order valence-electron chi connectivity index (χ0n) is 14.5. The van der Waals surface area contributed by atoms with E-state index >= 15 is 0 Å². The minimum absolute atomic E-state index is 0.101. The van der Waals surface area contributed by atoms with Crippen LogP contribution in [0.1, 0.15) is 22.8 Å². The number of rotatable bonds is 9. The molecule has 0 fully saturated rings. The van der Waals surface area contributed by atoms with E-state index in [1.807, 2.05) is 30.3 Å². The molecule has 0 spiro atoms. The fourth-order valence-corrected chi connectivity index (χ4v) is 2.76. The molecule has 26 heavy (non-hydrogen) atoms. The van der Waals surface area contributed by atoms with Crippen LogP contribution in [0.3, 0.4) is 0 Å². The third-order valence-corrected chi connectivity index (χ3v) is 3.94. The normalized spacial score (nSPS) is 12.4. The van der Waals surface area contributed by atoms with Gasteiger partial charge in [0.25, 0.3) is 0 Å². The lowest BCUT2D eigenvalue weighted by Gasteiger charge is -2.15. The molecule has 0 aromatic heterocycles. The van der Waals surface area contributed by atoms with Crippen LogP contribution in [0.5, 0.6) is 5.75 Å². The molecular formula is C18H21NO6S. The molecular weight excluding hydrogens is 358 g/mol. The van der Waals surface area contributed by atoms with Gasteiger partial charge in [0.1, 0.15) is 12.4 Å². The second kappa shape index (κ2) is 8.79. The van der Waals surface area contributed by atoms with Crippen LogP contribution < -0.4 is 9.46 Å². The minimum Gasteiger partial charge on any atom is -0.487 e. The van der Waals surface area contributed by atoms with Gasteiger partial charge in [0.2, 0.25) is 22.1 Å². The van der Waals surface area contributed by atoms with Crippen molar-refractivity contribution >= 4 is 21.5 Å². The van der Waals surface area contributed by atoms with Crippen molar-refractivity contribution in [1.29, 1.82) is 0 Å². The number of benzene rings is 2. The van der Waals surface area contributed by atoms with Gasteiger partial charge in [-0.3, -0.25) is 9.52 Å². The van der Waals surface area contributed by atoms with Gasteiger partial charge in [-0.2, -0.15) is 0 Å². The van der Waals surface area contributed by atoms with Crippen molar-refractivity contribution in [2.75, 3.05) is 17.6 Å². The summed E-state index contributed by atoms with van der Waals surface area (Å²) in [5.41, 5.74) is 1.12. The van der Waals surface area contributed by atoms with E-state index in [0.717, 1.165) is 11.8 Å². The summed E-state index contributed by atoms with van der Waals surface area (Å²) in [4.78, 5) is 12.2. The summed E-state index contributed by atoms with van der Waals surface area (Å²) in [7, 11) is -3.59. The third-order valence-electron chi connectivity index (χ3n) is 3.35. The zero-order valence-corrected chi connectivity index (χ0v) is 15.3. The topological polar surface area (TPSA) is 102 Å². The quantitative estimate of drug-likeness (QED) is 0.511. The highest BCUT2D eigenvalue weighted by Crippen LogP contribution is 2.28. The number of anilines is 1. The maximum absolute atomic E-state index is 12.2. The van der Waals surface area contributed by atoms with Gasteiger partial charge in [-0.15, -0.1) is 0 Å². The Bertz CT molecular complexity index is 851. The summed E-state index contributed by atoms with van der Waals surface area (Å²) in [5.74, 6) is -0.403. The third kappa shape index (κ3) is 5.83. The Hall–Kier alpha value is -2.42. The first-order valence-electron chi connectivity index (χ1n) is 7.92. The highest BCUT2D eigenvalue weighted by atomic mass is 32.2. The van der Waals surface area contributed by atoms with Crippen LogP contribution in [-0.4, -0.2) is 38.5 Å². The first kappa shape index (κ1) is 19.9. The van der Waals surface area contributed by atoms with Crippen LogP contribution >= 0.6 is 0 Å². The van der Waals surface area contributed by atoms with Crippen molar-refractivity contribution in [2.45, 2.75) is 19.8 Å². The molecule has 0 aliphatic rings. The lowest BCUT2D eigenvalue weighted by molar-refractivity contribution is -0.0675. The van der Waals surface area contributed by atoms with Crippen LogP contribution in [0.15, 0.2) is 48.5 Å². The first-order valence-corrected chi connectivity index (χ1v) is 9.81. The highest BCUT2D eigenvalue weighted by molar-refractivity contribution is 7.92. The maximum Gasteiger partial charge on any atom is 0.229 e. The Balaban J connectivity index is 2.27. The van der Waals surface area contributed by atoms with Gasteiger partial charge < -0.3 is 14.6 Å². The first-order chi connectivity index (χ1) is 12.3. The van der Waals surface area contributed by atoms with Crippen LogP contribution in [0.4, 0.5) is 5.69 Å². The summed E-state index contributed by atoms with van der Waals surface area (Å²) in [6, 6.07) is 13.6. The summed E-state index contributed by atoms with van der Waals surface area (Å²) in [6.07, 6.45) is -0.612. The molecule has 140 valence electrons. The second-order valence-corrected chi connectivity index (χ2v) is 7.28. The van der Waals surface area contributed by atoms with Crippen molar-refractivity contribution in [3.05, 3.63) is 59.7 Å². The molecule has 0 saturated heterocycles. The molecule has 0 aliphatic carbocycles. The van der Waals surface area contributed by atoms with E-state index in [1.165, 1.54) is 18.2 Å². The summed E-state index contributed by atoms with van der Waals surface area (Å²) >= 11 is 0. The van der Waals surface area contributed by atoms with E-state index in [9.17, 15) is 18.3 Å². The molecule has 2 aromatic carbocycles. The molecule has 8 heteroatoms. The van der Waals surface area contributed by atoms with Gasteiger partial charge in [0.05, 0.1) is 11.9 Å². The molecule has 2 rings (SSSR count). The maximum atomic E-state index is 12.2. The molecule has 0 amide bonds. The van der Waals surface area contributed by atoms with Crippen molar-refractivity contribution in [3.63, 3.8) is 0 Å². The van der Waals surface area contributed by atoms with Gasteiger partial charge >= 0.3 is 0 Å². The van der Waals surface area contributed by atoms with E-state index in [2.05, 4.69) is 4.72 Å². The summed E-state index contributed by atoms with van der Waals surface area (Å²) < 4.78 is 36.1. The molecule has 0 bridgehead atoms. The van der Waals surface area contributed by atoms with Crippen molar-refractivity contribution < 1.29 is 27.8 Å². The van der Waals surface area contributed by atoms with Crippen molar-refractivity contribution in [2.24, 2.45) is 0 Å². The van der Waals surface area contributed by atoms with Crippen LogP contribution in [0, 0.1) is 0 Å². The Labute approximate surface area is 152 Å². The molecule has 1 unspecified atom stereocenters. The molecule has 0 aliphatic heterocycles. The predicted molar refractivity (Wildman–Crippen MR) is 97.6 cm³/mol. The van der Waals surface area contributed by atoms with Gasteiger partial charge in [0, 0.05) is 12.2 Å². The number of nitrogens with one attached hydrogen (secondary N) is 1. The average molecular weight is 379 g/mol. The highest BCUT2D eigenvalue weighted by Gasteiger charge is 2.20. The number of aliphatic hydroxyl groups excluding tert-OH is 1. The number of hydrogen-bond acceptors (Lipinski definition) is 6. The smallest absolute Gasteiger partial charge is 0.229 e. The number of hydrogen-bond donors (Lipinski definition) is 2. The van der Waals surface area contributed by atoms with E-state index in [-0.39, 0.29) is 30.2 Å². The fourth-order valence-electron chi connectivity index (χ4n) is 2.20. The Kier molecular flexibility index (Phi) is 6.73. The number of sulfonamides is 1. The molecule has 2 N–H and O–H groups in total. The Morgan fingerprint density at radius 1 is 1.19 bits per heavy atom. The number of carbonyl (C=O) groups is 1. The van der Waals surface area contributed by atoms with Gasteiger partial charge in [0.15, 0.2) is 0 Å². The predicted octanol–water partition coefficient (Wildman–Crippen LogP) is 2.17. The molecule has 7 nitrogen and oxygen atoms in total. The standard InChI is InChI=1S/C18H21NO6S/c1-3-24-18(21)17(20)14-9-10-16(15(11-14)19-26(2,22)23)25-12-13-7-5-4-6-8-13/h4-11,18-19,21H,3,12H2,1-2H3. The number of ether oxygens (including phenoxy) is 2. The van der Waals surface area contributed by atoms with Crippen LogP contribution in [0.2, 0.25) is 0 Å². The molecule has 1 atom stereocenters. The second-order valence-electron chi connectivity index (χ2n) is 5.53. The molecule has 0 saturated carbocycles. The largest absolute Gasteiger partial charge is 0.487 e. The monoisotopic (exact) mass is 379 g/mol. The molecule has 0 heterocycles. The van der Waals surface area contributed by atoms with Crippen molar-refractivity contribution in [1.82, 2.24) is 0 Å². The van der Waals surface area contributed by atoms with E-state index in [1.54, 1.807) is 6.92 Å². The number of Topliss-reactive ketones (excluding diaryl/α,β-unsaturated/α-hetero) is 1. The molecule has 2 aromatic rings.